The molecule has 0 radical (unpaired) electrons. The predicted molar refractivity (Wildman–Crippen MR) is 33.1 cm³/mol. The fourth-order valence-electron chi connectivity index (χ4n) is 0.488. The quantitative estimate of drug-likeness (QED) is 0.471. The molecule has 1 rings (SSSR count). The first-order valence-electron chi connectivity index (χ1n) is 2.36. The van der Waals surface area contributed by atoms with E-state index in [0.717, 1.165) is 0 Å². The lowest BCUT2D eigenvalue weighted by atomic mass is 10.4. The molecular formula is C5H6N2O2. The molecule has 0 fully saturated rings. The highest BCUT2D eigenvalue weighted by atomic mass is 16.3. The second-order valence-electron chi connectivity index (χ2n) is 1.60. The number of nitrogens with one attached hydrogen (secondary N) is 2. The SMILES string of the molecule is C=C(O)c1c[nH]c(=O)[nH]1. The molecule has 0 atom stereocenters. The molecule has 0 aliphatic rings. The van der Waals surface area contributed by atoms with E-state index in [9.17, 15) is 4.79 Å². The van der Waals surface area contributed by atoms with Crippen molar-refractivity contribution in [2.45, 2.75) is 0 Å². The number of aromatic amines is 2. The van der Waals surface area contributed by atoms with Gasteiger partial charge in [-0.05, 0) is 0 Å². The normalized spacial score (nSPS) is 9.33. The smallest absolute Gasteiger partial charge is 0.323 e. The Labute approximate surface area is 50.9 Å². The van der Waals surface area contributed by atoms with Crippen LogP contribution in [-0.4, -0.2) is 15.1 Å². The monoisotopic (exact) mass is 126 g/mol. The topological polar surface area (TPSA) is 68.9 Å². The zero-order valence-corrected chi connectivity index (χ0v) is 4.64. The van der Waals surface area contributed by atoms with Crippen LogP contribution in [0.3, 0.4) is 0 Å². The second kappa shape index (κ2) is 1.81. The molecular weight excluding hydrogens is 120 g/mol. The lowest BCUT2D eigenvalue weighted by Gasteiger charge is -1.86. The first kappa shape index (κ1) is 5.68. The number of aliphatic hydroxyl groups excluding tert-OH is 1. The molecule has 0 amide bonds. The highest BCUT2D eigenvalue weighted by Crippen LogP contribution is 1.98. The van der Waals surface area contributed by atoms with Crippen LogP contribution in [0.2, 0.25) is 0 Å². The van der Waals surface area contributed by atoms with Crippen LogP contribution in [0.4, 0.5) is 0 Å². The van der Waals surface area contributed by atoms with Gasteiger partial charge in [0.1, 0.15) is 11.5 Å². The highest BCUT2D eigenvalue weighted by molar-refractivity contribution is 5.49. The molecule has 0 aliphatic heterocycles. The molecule has 0 saturated heterocycles. The standard InChI is InChI=1S/C5H6N2O2/c1-3(8)4-2-6-5(9)7-4/h2,8H,1H2,(H2,6,7,9). The lowest BCUT2D eigenvalue weighted by Crippen LogP contribution is -2.00. The number of aliphatic hydroxyl groups is 1. The molecule has 4 nitrogen and oxygen atoms in total. The van der Waals surface area contributed by atoms with Gasteiger partial charge in [0.25, 0.3) is 0 Å². The maximum absolute atomic E-state index is 10.3. The van der Waals surface area contributed by atoms with E-state index in [4.69, 9.17) is 5.11 Å². The van der Waals surface area contributed by atoms with E-state index in [2.05, 4.69) is 16.5 Å². The maximum Gasteiger partial charge on any atom is 0.323 e. The summed E-state index contributed by atoms with van der Waals surface area (Å²) in [6, 6.07) is 0. The largest absolute Gasteiger partial charge is 0.506 e. The molecule has 3 N–H and O–H groups in total. The van der Waals surface area contributed by atoms with E-state index in [1.807, 2.05) is 0 Å². The summed E-state index contributed by atoms with van der Waals surface area (Å²) >= 11 is 0. The third-order valence-corrected chi connectivity index (χ3v) is 0.907. The Morgan fingerprint density at radius 3 is 2.67 bits per heavy atom. The fraction of sp³-hybridized carbons (Fsp3) is 0. The minimum atomic E-state index is -0.347. The van der Waals surface area contributed by atoms with E-state index in [1.54, 1.807) is 0 Å². The summed E-state index contributed by atoms with van der Waals surface area (Å²) in [5.74, 6) is -0.145. The lowest BCUT2D eigenvalue weighted by molar-refractivity contribution is 0.511. The van der Waals surface area contributed by atoms with E-state index >= 15 is 0 Å². The number of hydrogen-bond acceptors (Lipinski definition) is 2. The van der Waals surface area contributed by atoms with Crippen molar-refractivity contribution in [3.8, 4) is 0 Å². The van der Waals surface area contributed by atoms with Crippen molar-refractivity contribution in [3.05, 3.63) is 29.0 Å². The van der Waals surface area contributed by atoms with Crippen molar-refractivity contribution in [1.29, 1.82) is 0 Å². The summed E-state index contributed by atoms with van der Waals surface area (Å²) < 4.78 is 0. The van der Waals surface area contributed by atoms with Crippen molar-refractivity contribution < 1.29 is 5.11 Å². The number of imidazole rings is 1. The molecule has 1 aromatic heterocycles. The van der Waals surface area contributed by atoms with Gasteiger partial charge in [0.15, 0.2) is 0 Å². The molecule has 4 heteroatoms. The molecule has 0 aliphatic carbocycles. The van der Waals surface area contributed by atoms with Crippen LogP contribution >= 0.6 is 0 Å². The minimum Gasteiger partial charge on any atom is -0.506 e. The van der Waals surface area contributed by atoms with Gasteiger partial charge in [-0.25, -0.2) is 4.79 Å². The van der Waals surface area contributed by atoms with Gasteiger partial charge in [-0.2, -0.15) is 0 Å². The van der Waals surface area contributed by atoms with Crippen LogP contribution in [0.5, 0.6) is 0 Å². The summed E-state index contributed by atoms with van der Waals surface area (Å²) in [5.41, 5.74) is -0.0276. The van der Waals surface area contributed by atoms with Gasteiger partial charge in [-0.15, -0.1) is 0 Å². The van der Waals surface area contributed by atoms with Crippen molar-refractivity contribution >= 4 is 5.76 Å². The molecule has 48 valence electrons. The Bertz CT molecular complexity index is 270. The zero-order valence-electron chi connectivity index (χ0n) is 4.64. The van der Waals surface area contributed by atoms with Gasteiger partial charge >= 0.3 is 5.69 Å². The Kier molecular flexibility index (Phi) is 1.14. The van der Waals surface area contributed by atoms with Crippen LogP contribution in [0.1, 0.15) is 5.69 Å². The van der Waals surface area contributed by atoms with E-state index in [-0.39, 0.29) is 11.4 Å². The van der Waals surface area contributed by atoms with Gasteiger partial charge in [-0.1, -0.05) is 6.58 Å². The summed E-state index contributed by atoms with van der Waals surface area (Å²) in [5, 5.41) is 8.65. The Balaban J connectivity index is 3.12. The number of aromatic nitrogens is 2. The van der Waals surface area contributed by atoms with Gasteiger partial charge in [0, 0.05) is 6.20 Å². The van der Waals surface area contributed by atoms with Crippen molar-refractivity contribution in [2.75, 3.05) is 0 Å². The average Bonchev–Trinajstić information content (AvgIpc) is 2.14. The summed E-state index contributed by atoms with van der Waals surface area (Å²) in [7, 11) is 0. The maximum atomic E-state index is 10.3. The molecule has 1 aromatic rings. The first-order chi connectivity index (χ1) is 4.20. The van der Waals surface area contributed by atoms with Gasteiger partial charge in [0.2, 0.25) is 0 Å². The molecule has 1 heterocycles. The molecule has 0 saturated carbocycles. The van der Waals surface area contributed by atoms with E-state index < -0.39 is 0 Å². The fourth-order valence-corrected chi connectivity index (χ4v) is 0.488. The molecule has 0 aromatic carbocycles. The molecule has 0 bridgehead atoms. The van der Waals surface area contributed by atoms with Crippen LogP contribution in [0.25, 0.3) is 5.76 Å². The zero-order chi connectivity index (χ0) is 6.85. The molecule has 0 unspecified atom stereocenters. The molecule has 0 spiro atoms. The summed E-state index contributed by atoms with van der Waals surface area (Å²) in [6.45, 7) is 3.20. The van der Waals surface area contributed by atoms with Crippen LogP contribution in [-0.2, 0) is 0 Å². The number of rotatable bonds is 1. The highest BCUT2D eigenvalue weighted by Gasteiger charge is 1.95. The first-order valence-corrected chi connectivity index (χ1v) is 2.36. The Morgan fingerprint density at radius 1 is 1.78 bits per heavy atom. The van der Waals surface area contributed by atoms with Gasteiger partial charge in [-0.3, -0.25) is 0 Å². The van der Waals surface area contributed by atoms with E-state index in [1.165, 1.54) is 6.20 Å². The van der Waals surface area contributed by atoms with Crippen molar-refractivity contribution in [1.82, 2.24) is 9.97 Å². The van der Waals surface area contributed by atoms with Crippen molar-refractivity contribution in [3.63, 3.8) is 0 Å². The summed E-state index contributed by atoms with van der Waals surface area (Å²) in [6.07, 6.45) is 1.35. The average molecular weight is 126 g/mol. The Morgan fingerprint density at radius 2 is 2.44 bits per heavy atom. The third kappa shape index (κ3) is 1.02. The van der Waals surface area contributed by atoms with Gasteiger partial charge < -0.3 is 15.1 Å². The van der Waals surface area contributed by atoms with Crippen LogP contribution < -0.4 is 5.69 Å². The van der Waals surface area contributed by atoms with Crippen molar-refractivity contribution in [2.24, 2.45) is 0 Å². The Hall–Kier alpha value is -1.45. The number of hydrogen-bond donors (Lipinski definition) is 3. The van der Waals surface area contributed by atoms with Gasteiger partial charge in [0.05, 0.1) is 0 Å². The minimum absolute atomic E-state index is 0.145. The second-order valence-corrected chi connectivity index (χ2v) is 1.60. The predicted octanol–water partition coefficient (Wildman–Crippen LogP) is 0.232. The summed E-state index contributed by atoms with van der Waals surface area (Å²) in [4.78, 5) is 15.0. The third-order valence-electron chi connectivity index (χ3n) is 0.907. The molecule has 9 heavy (non-hydrogen) atoms. The number of H-pyrrole nitrogens is 2. The van der Waals surface area contributed by atoms with Crippen LogP contribution in [0, 0.1) is 0 Å². The van der Waals surface area contributed by atoms with E-state index in [0.29, 0.717) is 5.69 Å². The van der Waals surface area contributed by atoms with Crippen LogP contribution in [0.15, 0.2) is 17.6 Å².